The molecule has 33 nitrogen and oxygen atoms in total. The molecule has 6 saturated carbocycles. The second-order valence-corrected chi connectivity index (χ2v) is 43.0. The fourth-order valence-electron chi connectivity index (χ4n) is 20.3. The van der Waals surface area contributed by atoms with E-state index in [0.717, 1.165) is 231 Å². The van der Waals surface area contributed by atoms with Crippen molar-refractivity contribution in [3.63, 3.8) is 0 Å². The highest BCUT2D eigenvalue weighted by molar-refractivity contribution is 5.95. The number of rotatable bonds is 19. The lowest BCUT2D eigenvalue weighted by Crippen LogP contribution is -2.44. The molecular formula is C114H166N16O17. The average Bonchev–Trinajstić information content (AvgIpc) is 1.68. The summed E-state index contributed by atoms with van der Waals surface area (Å²) in [6.45, 7) is 28.6. The first kappa shape index (κ1) is 114. The molecule has 0 unspecified atom stereocenters. The quantitative estimate of drug-likeness (QED) is 0.0373. The minimum absolute atomic E-state index is 0.0307. The molecule has 0 spiro atoms. The highest BCUT2D eigenvalue weighted by atomic mass is 16.6. The molecule has 19 rings (SSSR count). The third kappa shape index (κ3) is 38.4. The van der Waals surface area contributed by atoms with Crippen LogP contribution in [0.15, 0.2) is 121 Å². The summed E-state index contributed by atoms with van der Waals surface area (Å²) >= 11 is 0. The van der Waals surface area contributed by atoms with Crippen molar-refractivity contribution in [2.24, 2.45) is 0 Å². The van der Waals surface area contributed by atoms with Crippen molar-refractivity contribution in [3.8, 4) is 45.7 Å². The summed E-state index contributed by atoms with van der Waals surface area (Å²) in [4.78, 5) is 100. The Labute approximate surface area is 869 Å². The minimum atomic E-state index is -0.833. The summed E-state index contributed by atoms with van der Waals surface area (Å²) in [6.07, 6.45) is 42.0. The molecule has 4 aromatic carbocycles. The van der Waals surface area contributed by atoms with Gasteiger partial charge in [-0.3, -0.25) is 28.8 Å². The number of aliphatic carboxylic acids is 1. The number of ketones is 1. The van der Waals surface area contributed by atoms with Crippen molar-refractivity contribution in [2.75, 3.05) is 65.6 Å². The van der Waals surface area contributed by atoms with Gasteiger partial charge in [0.2, 0.25) is 0 Å². The molecule has 6 aliphatic carbocycles. The first-order valence-electron chi connectivity index (χ1n) is 54.7. The number of aliphatic hydroxyl groups is 1. The van der Waals surface area contributed by atoms with Crippen LogP contribution in [0.25, 0.3) is 22.7 Å². The lowest BCUT2D eigenvalue weighted by atomic mass is 9.95. The number of aliphatic hydroxyl groups excluding tert-OH is 1. The molecule has 8 aromatic rings. The number of aromatic hydroxyl groups is 1. The summed E-state index contributed by atoms with van der Waals surface area (Å²) in [7, 11) is 0. The van der Waals surface area contributed by atoms with Gasteiger partial charge < -0.3 is 85.0 Å². The van der Waals surface area contributed by atoms with Gasteiger partial charge in [-0.05, 0) is 332 Å². The van der Waals surface area contributed by atoms with Crippen LogP contribution in [0, 0.1) is 27.7 Å². The third-order valence-corrected chi connectivity index (χ3v) is 28.1. The van der Waals surface area contributed by atoms with Crippen LogP contribution in [0.3, 0.4) is 0 Å². The van der Waals surface area contributed by atoms with E-state index in [9.17, 15) is 43.8 Å². The van der Waals surface area contributed by atoms with E-state index in [2.05, 4.69) is 51.9 Å². The number of nitrogens with zero attached hydrogens (tertiary/aromatic N) is 11. The SMILES string of the molecule is C1CCOC1.CC(=O)O.CC(C)(C)OC(=O)N1CCC(O)CC1.Cc1cc(C(=O)NC2CCCCC2)n(-c2ccc(O)cc2)n1.Cc1cc(C(=O)NC2CCCCC2)n(-c2ccc(OC3CCN(C(=O)OC(C)(C)C)CC3)cc2)n1.Cc1cc(C(=O)NC2CCCCC2)n(-c2ccc(OC3CCN(C4CCCC4)CC3)cc2)n1.Cc1cc(C(=O)NC2CCCCC2)n(-c2ccc(OC3CCNCC3)cc2)n1.O=C1CCCC1. The lowest BCUT2D eigenvalue weighted by Gasteiger charge is -2.36. The average molecular weight is 2030 g/mol. The van der Waals surface area contributed by atoms with Gasteiger partial charge in [-0.15, -0.1) is 0 Å². The van der Waals surface area contributed by atoms with Crippen molar-refractivity contribution in [1.82, 2.24) is 80.4 Å². The monoisotopic (exact) mass is 2030 g/mol. The fourth-order valence-corrected chi connectivity index (χ4v) is 20.3. The van der Waals surface area contributed by atoms with Crippen LogP contribution in [-0.2, 0) is 23.8 Å². The Kier molecular flexibility index (Phi) is 44.8. The number of carbonyl (C=O) groups excluding carboxylic acids is 7. The largest absolute Gasteiger partial charge is 0.508 e. The number of aromatic nitrogens is 8. The number of likely N-dealkylation sites (tertiary alicyclic amines) is 3. The summed E-state index contributed by atoms with van der Waals surface area (Å²) < 4.78 is 41.0. The van der Waals surface area contributed by atoms with Gasteiger partial charge in [0.15, 0.2) is 0 Å². The van der Waals surface area contributed by atoms with Crippen LogP contribution in [0.5, 0.6) is 23.0 Å². The van der Waals surface area contributed by atoms with Crippen LogP contribution < -0.4 is 40.8 Å². The Hall–Kier alpha value is -11.7. The predicted octanol–water partition coefficient (Wildman–Crippen LogP) is 19.8. The number of phenols is 1. The number of Topliss-reactive ketones (excluding diaryl/α,β-unsaturated/α-hetero) is 1. The van der Waals surface area contributed by atoms with Gasteiger partial charge in [-0.25, -0.2) is 28.3 Å². The Morgan fingerprint density at radius 1 is 0.367 bits per heavy atom. The second kappa shape index (κ2) is 57.8. The van der Waals surface area contributed by atoms with Gasteiger partial charge in [0.25, 0.3) is 29.6 Å². The molecule has 0 radical (unpaired) electrons. The first-order valence-corrected chi connectivity index (χ1v) is 54.7. The molecule has 11 aliphatic rings. The Bertz CT molecular complexity index is 5350. The van der Waals surface area contributed by atoms with Gasteiger partial charge >= 0.3 is 12.2 Å². The maximum absolute atomic E-state index is 13.0. The molecule has 8 N–H and O–H groups in total. The lowest BCUT2D eigenvalue weighted by molar-refractivity contribution is -0.134. The summed E-state index contributed by atoms with van der Waals surface area (Å²) in [5, 5.41) is 60.2. The number of phenolic OH excluding ortho intramolecular Hbond substituents is 1. The molecule has 6 amide bonds. The number of piperidine rings is 4. The number of hydrogen-bond acceptors (Lipinski definition) is 22. The van der Waals surface area contributed by atoms with Crippen molar-refractivity contribution in [3.05, 3.63) is 167 Å². The Balaban J connectivity index is 0.000000160. The number of benzene rings is 4. The van der Waals surface area contributed by atoms with Crippen molar-refractivity contribution in [2.45, 2.75) is 386 Å². The minimum Gasteiger partial charge on any atom is -0.508 e. The van der Waals surface area contributed by atoms with E-state index in [0.29, 0.717) is 67.6 Å². The van der Waals surface area contributed by atoms with E-state index < -0.39 is 17.2 Å². The highest BCUT2D eigenvalue weighted by Crippen LogP contribution is 2.33. The van der Waals surface area contributed by atoms with Gasteiger partial charge in [-0.1, -0.05) is 89.9 Å². The van der Waals surface area contributed by atoms with E-state index in [1.807, 2.05) is 160 Å². The number of carboxylic acid groups (broad SMARTS) is 1. The molecule has 147 heavy (non-hydrogen) atoms. The zero-order chi connectivity index (χ0) is 105. The molecule has 4 aromatic heterocycles. The topological polar surface area (TPSA) is 394 Å². The van der Waals surface area contributed by atoms with Crippen LogP contribution in [-0.4, -0.2) is 248 Å². The number of nitrogens with one attached hydrogen (secondary N) is 5. The molecule has 0 atom stereocenters. The number of carbonyl (C=O) groups is 8. The molecule has 11 fully saturated rings. The van der Waals surface area contributed by atoms with E-state index in [-0.39, 0.29) is 90.1 Å². The number of hydrogen-bond donors (Lipinski definition) is 8. The first-order chi connectivity index (χ1) is 70.7. The zero-order valence-corrected chi connectivity index (χ0v) is 89.2. The summed E-state index contributed by atoms with van der Waals surface area (Å²) in [5.74, 6) is 2.12. The van der Waals surface area contributed by atoms with Gasteiger partial charge in [0.05, 0.1) is 51.6 Å². The van der Waals surface area contributed by atoms with Gasteiger partial charge in [0, 0.05) is 115 Å². The Morgan fingerprint density at radius 3 is 0.912 bits per heavy atom. The van der Waals surface area contributed by atoms with Crippen LogP contribution in [0.4, 0.5) is 9.59 Å². The smallest absolute Gasteiger partial charge is 0.410 e. The maximum Gasteiger partial charge on any atom is 0.410 e. The summed E-state index contributed by atoms with van der Waals surface area (Å²) in [6, 6.07) is 39.5. The molecule has 33 heteroatoms. The third-order valence-electron chi connectivity index (χ3n) is 28.1. The normalized spacial score (nSPS) is 18.7. The van der Waals surface area contributed by atoms with E-state index in [1.54, 1.807) is 58.9 Å². The number of amides is 6. The molecule has 5 saturated heterocycles. The van der Waals surface area contributed by atoms with Gasteiger partial charge in [0.1, 0.15) is 81.1 Å². The molecular weight excluding hydrogens is 1870 g/mol. The predicted molar refractivity (Wildman–Crippen MR) is 568 cm³/mol. The second-order valence-electron chi connectivity index (χ2n) is 43.0. The zero-order valence-electron chi connectivity index (χ0n) is 89.2. The van der Waals surface area contributed by atoms with E-state index in [4.69, 9.17) is 38.3 Å². The number of carboxylic acids is 1. The Morgan fingerprint density at radius 2 is 0.639 bits per heavy atom. The molecule has 9 heterocycles. The van der Waals surface area contributed by atoms with Crippen LogP contribution in [0.1, 0.15) is 357 Å². The maximum atomic E-state index is 13.0. The summed E-state index contributed by atoms with van der Waals surface area (Å²) in [5.41, 5.74) is 7.98. The van der Waals surface area contributed by atoms with Crippen LogP contribution >= 0.6 is 0 Å². The van der Waals surface area contributed by atoms with Crippen molar-refractivity contribution >= 4 is 47.6 Å². The molecule has 5 aliphatic heterocycles. The molecule has 804 valence electrons. The molecule has 0 bridgehead atoms. The highest BCUT2D eigenvalue weighted by Gasteiger charge is 2.34. The van der Waals surface area contributed by atoms with Crippen molar-refractivity contribution in [1.29, 1.82) is 0 Å². The standard InChI is InChI=1S/C27H38N4O4.C27H38N4O2.C22H30N4O2.C17H21N3O2.C10H19NO3.C5H8O.C4H8O.C2H4O2/c1-19-18-24(25(32)28-20-8-6-5-7-9-20)31(29-19)21-10-12-22(13-11-21)34-23-14-16-30(17-15-23)26(33)35-27(2,3)4;1-20-19-26(27(32)28-21-7-3-2-4-8-21)31(29-20)23-11-13-24(14-12-23)33-25-15-17-30(18-16-25)22-9-5-6-10-22;1-16-15-21(22(27)24-17-5-3-2-4-6-17)26(25-16)18-7-9-19(10-8-18)28-20-11-13-23-14-12-20;1-12-11-16(17(22)18-13-5-3-2-4-6-13)20(19-12)14-7-9-15(21)10-8-14;1-10(2,3)14-9(13)11-6-4-8(12)5-7-11;6-5-3-1-2-4-5;1-2-4-5-3-1;1-2(3)4/h10-13,18,20,23H,5-9,14-17H2,1-4H3,(H,28,32);11-14,19,21-22,25H,2-10,15-18H2,1H3,(H,28,32);7-10,15,17,20,23H,2-6,11-14H2,1H3,(H,24,27);7-11,13,21H,2-6H2,1H3,(H,18,22);8,12H,4-7H2,1-3H3;1-4H2;1-4H2;1H3,(H,3,4). The fraction of sp³-hybridized carbons (Fsp3) is 0.614. The van der Waals surface area contributed by atoms with E-state index in [1.165, 1.54) is 116 Å². The number of aryl methyl sites for hydroxylation is 4. The van der Waals surface area contributed by atoms with Crippen LogP contribution in [0.2, 0.25) is 0 Å². The van der Waals surface area contributed by atoms with Gasteiger partial charge in [-0.2, -0.15) is 20.4 Å². The van der Waals surface area contributed by atoms with Crippen molar-refractivity contribution < 1.29 is 82.1 Å². The number of ether oxygens (including phenoxy) is 6. The van der Waals surface area contributed by atoms with E-state index >= 15 is 0 Å².